The number of thiophene rings is 1. The lowest BCUT2D eigenvalue weighted by molar-refractivity contribution is 1.24. The molecular weight excluding hydrogens is 284 g/mol. The molecule has 0 aliphatic rings. The van der Waals surface area contributed by atoms with E-state index in [1.54, 1.807) is 11.3 Å². The molecule has 2 nitrogen and oxygen atoms in total. The number of hydrogen-bond acceptors (Lipinski definition) is 3. The van der Waals surface area contributed by atoms with E-state index in [9.17, 15) is 0 Å². The molecule has 2 rings (SSSR count). The van der Waals surface area contributed by atoms with Crippen LogP contribution in [0, 0.1) is 0 Å². The highest BCUT2D eigenvalue weighted by molar-refractivity contribution is 9.10. The van der Waals surface area contributed by atoms with Crippen molar-refractivity contribution in [2.45, 2.75) is 0 Å². The van der Waals surface area contributed by atoms with E-state index in [4.69, 9.17) is 0 Å². The van der Waals surface area contributed by atoms with E-state index in [-0.39, 0.29) is 0 Å². The monoisotopic (exact) mass is 296 g/mol. The van der Waals surface area contributed by atoms with Crippen LogP contribution in [-0.2, 0) is 0 Å². The fourth-order valence-electron chi connectivity index (χ4n) is 1.46. The lowest BCUT2D eigenvalue weighted by Gasteiger charge is -2.17. The van der Waals surface area contributed by atoms with E-state index in [1.165, 1.54) is 10.7 Å². The van der Waals surface area contributed by atoms with Crippen molar-refractivity contribution in [3.63, 3.8) is 0 Å². The highest BCUT2D eigenvalue weighted by atomic mass is 79.9. The Kier molecular flexibility index (Phi) is 3.51. The van der Waals surface area contributed by atoms with Crippen molar-refractivity contribution in [2.24, 2.45) is 0 Å². The molecule has 16 heavy (non-hydrogen) atoms. The molecule has 1 heterocycles. The van der Waals surface area contributed by atoms with Gasteiger partial charge in [-0.1, -0.05) is 0 Å². The molecule has 0 unspecified atom stereocenters. The van der Waals surface area contributed by atoms with Gasteiger partial charge in [0, 0.05) is 35.3 Å². The molecule has 1 aromatic carbocycles. The number of hydrogen-bond donors (Lipinski definition) is 1. The fraction of sp³-hybridized carbons (Fsp3) is 0.167. The minimum atomic E-state index is 1.13. The second kappa shape index (κ2) is 4.89. The molecule has 0 fully saturated rings. The maximum Gasteiger partial charge on any atom is 0.0962 e. The number of halogens is 1. The van der Waals surface area contributed by atoms with Crippen molar-refractivity contribution in [2.75, 3.05) is 24.3 Å². The van der Waals surface area contributed by atoms with Gasteiger partial charge in [0.15, 0.2) is 0 Å². The van der Waals surface area contributed by atoms with Gasteiger partial charge in [0.1, 0.15) is 0 Å². The van der Waals surface area contributed by atoms with Crippen molar-refractivity contribution in [1.29, 1.82) is 0 Å². The van der Waals surface area contributed by atoms with Crippen LogP contribution in [0.15, 0.2) is 40.2 Å². The van der Waals surface area contributed by atoms with Gasteiger partial charge in [0.25, 0.3) is 0 Å². The van der Waals surface area contributed by atoms with E-state index in [2.05, 4.69) is 68.9 Å². The summed E-state index contributed by atoms with van der Waals surface area (Å²) in [6.07, 6.45) is 0. The fourth-order valence-corrected chi connectivity index (χ4v) is 2.87. The van der Waals surface area contributed by atoms with Crippen LogP contribution in [0.3, 0.4) is 0 Å². The average molecular weight is 297 g/mol. The van der Waals surface area contributed by atoms with Gasteiger partial charge >= 0.3 is 0 Å². The molecule has 1 aromatic heterocycles. The van der Waals surface area contributed by atoms with Crippen molar-refractivity contribution >= 4 is 43.6 Å². The molecule has 0 bridgehead atoms. The number of nitrogens with zero attached hydrogens (tertiary/aromatic N) is 1. The van der Waals surface area contributed by atoms with Crippen LogP contribution in [0.2, 0.25) is 0 Å². The number of anilines is 3. The molecule has 0 saturated carbocycles. The lowest BCUT2D eigenvalue weighted by Crippen LogP contribution is -2.07. The lowest BCUT2D eigenvalue weighted by atomic mass is 10.2. The Labute approximate surface area is 108 Å². The predicted molar refractivity (Wildman–Crippen MR) is 76.1 cm³/mol. The predicted octanol–water partition coefficient (Wildman–Crippen LogP) is 4.32. The zero-order valence-electron chi connectivity index (χ0n) is 9.20. The van der Waals surface area contributed by atoms with Gasteiger partial charge in [-0.15, -0.1) is 11.3 Å². The molecule has 4 heteroatoms. The smallest absolute Gasteiger partial charge is 0.0962 e. The first kappa shape index (κ1) is 11.5. The van der Waals surface area contributed by atoms with Crippen molar-refractivity contribution in [3.8, 4) is 0 Å². The minimum absolute atomic E-state index is 1.13. The summed E-state index contributed by atoms with van der Waals surface area (Å²) in [6.45, 7) is 0. The Bertz CT molecular complexity index is 464. The quantitative estimate of drug-likeness (QED) is 0.907. The topological polar surface area (TPSA) is 15.3 Å². The van der Waals surface area contributed by atoms with Crippen LogP contribution in [-0.4, -0.2) is 14.1 Å². The summed E-state index contributed by atoms with van der Waals surface area (Å²) in [7, 11) is 4.00. The van der Waals surface area contributed by atoms with Crippen LogP contribution in [0.1, 0.15) is 0 Å². The van der Waals surface area contributed by atoms with Crippen LogP contribution in [0.25, 0.3) is 0 Å². The third-order valence-electron chi connectivity index (χ3n) is 2.43. The SMILES string of the molecule is CNc1ccc(N(C)c2cc(Br)cs2)cc1. The summed E-state index contributed by atoms with van der Waals surface area (Å²) in [5.41, 5.74) is 2.32. The summed E-state index contributed by atoms with van der Waals surface area (Å²) in [5, 5.41) is 6.43. The molecule has 84 valence electrons. The maximum atomic E-state index is 3.47. The first-order valence-electron chi connectivity index (χ1n) is 4.96. The Balaban J connectivity index is 2.23. The molecule has 0 atom stereocenters. The van der Waals surface area contributed by atoms with Gasteiger partial charge in [-0.25, -0.2) is 0 Å². The Morgan fingerprint density at radius 3 is 2.44 bits per heavy atom. The molecule has 0 amide bonds. The summed E-state index contributed by atoms with van der Waals surface area (Å²) >= 11 is 5.20. The molecular formula is C12H13BrN2S. The Morgan fingerprint density at radius 2 is 1.94 bits per heavy atom. The van der Waals surface area contributed by atoms with Gasteiger partial charge in [0.05, 0.1) is 5.00 Å². The van der Waals surface area contributed by atoms with Crippen LogP contribution in [0.4, 0.5) is 16.4 Å². The second-order valence-electron chi connectivity index (χ2n) is 3.46. The number of rotatable bonds is 3. The molecule has 0 saturated heterocycles. The van der Waals surface area contributed by atoms with E-state index < -0.39 is 0 Å². The van der Waals surface area contributed by atoms with Crippen LogP contribution >= 0.6 is 27.3 Å². The standard InChI is InChI=1S/C12H13BrN2S/c1-14-10-3-5-11(6-4-10)15(2)12-7-9(13)8-16-12/h3-8,14H,1-2H3. The summed E-state index contributed by atoms with van der Waals surface area (Å²) < 4.78 is 1.13. The zero-order chi connectivity index (χ0) is 11.5. The third-order valence-corrected chi connectivity index (χ3v) is 4.19. The van der Waals surface area contributed by atoms with Gasteiger partial charge in [-0.05, 0) is 46.3 Å². The van der Waals surface area contributed by atoms with E-state index in [1.807, 2.05) is 7.05 Å². The molecule has 0 aliphatic carbocycles. The first-order chi connectivity index (χ1) is 7.70. The number of nitrogens with one attached hydrogen (secondary N) is 1. The van der Waals surface area contributed by atoms with Crippen molar-refractivity contribution in [3.05, 3.63) is 40.2 Å². The van der Waals surface area contributed by atoms with Crippen molar-refractivity contribution < 1.29 is 0 Å². The summed E-state index contributed by atoms with van der Waals surface area (Å²) in [6, 6.07) is 10.5. The van der Waals surface area contributed by atoms with Gasteiger partial charge < -0.3 is 10.2 Å². The van der Waals surface area contributed by atoms with Crippen LogP contribution in [0.5, 0.6) is 0 Å². The van der Waals surface area contributed by atoms with Gasteiger partial charge in [-0.3, -0.25) is 0 Å². The van der Waals surface area contributed by atoms with E-state index in [0.717, 1.165) is 10.2 Å². The normalized spacial score (nSPS) is 10.2. The van der Waals surface area contributed by atoms with Crippen molar-refractivity contribution in [1.82, 2.24) is 0 Å². The zero-order valence-corrected chi connectivity index (χ0v) is 11.6. The highest BCUT2D eigenvalue weighted by Gasteiger charge is 2.05. The maximum absolute atomic E-state index is 3.47. The Hall–Kier alpha value is -1.00. The number of benzene rings is 1. The molecule has 0 spiro atoms. The molecule has 0 radical (unpaired) electrons. The largest absolute Gasteiger partial charge is 0.388 e. The molecule has 1 N–H and O–H groups in total. The molecule has 0 aliphatic heterocycles. The summed E-state index contributed by atoms with van der Waals surface area (Å²) in [4.78, 5) is 2.18. The molecule has 2 aromatic rings. The average Bonchev–Trinajstić information content (AvgIpc) is 2.75. The highest BCUT2D eigenvalue weighted by Crippen LogP contribution is 2.32. The van der Waals surface area contributed by atoms with E-state index >= 15 is 0 Å². The third kappa shape index (κ3) is 2.39. The van der Waals surface area contributed by atoms with Gasteiger partial charge in [0.2, 0.25) is 0 Å². The second-order valence-corrected chi connectivity index (χ2v) is 5.26. The van der Waals surface area contributed by atoms with Crippen LogP contribution < -0.4 is 10.2 Å². The summed E-state index contributed by atoms with van der Waals surface area (Å²) in [5.74, 6) is 0. The minimum Gasteiger partial charge on any atom is -0.388 e. The van der Waals surface area contributed by atoms with E-state index in [0.29, 0.717) is 0 Å². The van der Waals surface area contributed by atoms with Gasteiger partial charge in [-0.2, -0.15) is 0 Å². The Morgan fingerprint density at radius 1 is 1.25 bits per heavy atom. The first-order valence-corrected chi connectivity index (χ1v) is 6.63.